The van der Waals surface area contributed by atoms with Crippen LogP contribution in [0, 0.1) is 11.8 Å². The van der Waals surface area contributed by atoms with E-state index in [1.807, 2.05) is 27.3 Å². The molecule has 30 heavy (non-hydrogen) atoms. The number of piperidine rings is 1. The summed E-state index contributed by atoms with van der Waals surface area (Å²) in [4.78, 5) is 37.1. The molecule has 2 amide bonds. The van der Waals surface area contributed by atoms with Gasteiger partial charge in [-0.15, -0.1) is 11.3 Å². The summed E-state index contributed by atoms with van der Waals surface area (Å²) < 4.78 is 5.41. The van der Waals surface area contributed by atoms with E-state index in [1.165, 1.54) is 0 Å². The van der Waals surface area contributed by atoms with Gasteiger partial charge >= 0.3 is 0 Å². The van der Waals surface area contributed by atoms with Gasteiger partial charge in [-0.05, 0) is 37.1 Å². The van der Waals surface area contributed by atoms with E-state index in [-0.39, 0.29) is 23.7 Å². The van der Waals surface area contributed by atoms with Crippen molar-refractivity contribution < 1.29 is 14.1 Å². The van der Waals surface area contributed by atoms with Crippen LogP contribution in [0.15, 0.2) is 22.0 Å². The van der Waals surface area contributed by atoms with Gasteiger partial charge in [0.1, 0.15) is 0 Å². The minimum absolute atomic E-state index is 0.0442. The number of hydrogen-bond donors (Lipinski definition) is 0. The van der Waals surface area contributed by atoms with Gasteiger partial charge in [0.25, 0.3) is 0 Å². The van der Waals surface area contributed by atoms with Crippen molar-refractivity contribution in [1.29, 1.82) is 0 Å². The lowest BCUT2D eigenvalue weighted by Gasteiger charge is -2.38. The van der Waals surface area contributed by atoms with Gasteiger partial charge in [-0.2, -0.15) is 4.98 Å². The topological polar surface area (TPSA) is 82.8 Å². The fourth-order valence-corrected chi connectivity index (χ4v) is 5.02. The van der Waals surface area contributed by atoms with Crippen LogP contribution in [-0.4, -0.2) is 75.9 Å². The summed E-state index contributed by atoms with van der Waals surface area (Å²) in [7, 11) is 0. The first-order valence-corrected chi connectivity index (χ1v) is 11.7. The molecule has 160 valence electrons. The van der Waals surface area contributed by atoms with Crippen LogP contribution in [0.4, 0.5) is 0 Å². The lowest BCUT2D eigenvalue weighted by atomic mass is 9.95. The van der Waals surface area contributed by atoms with E-state index in [9.17, 15) is 9.59 Å². The molecular formula is C21H27N5O3S. The summed E-state index contributed by atoms with van der Waals surface area (Å²) >= 11 is 1.59. The maximum absolute atomic E-state index is 13.0. The third-order valence-corrected chi connectivity index (χ3v) is 7.13. The number of nitrogens with zero attached hydrogens (tertiary/aromatic N) is 5. The van der Waals surface area contributed by atoms with E-state index in [4.69, 9.17) is 4.52 Å². The van der Waals surface area contributed by atoms with Crippen molar-refractivity contribution in [3.8, 4) is 10.7 Å². The number of likely N-dealkylation sites (tertiary alicyclic amines) is 1. The van der Waals surface area contributed by atoms with Crippen molar-refractivity contribution in [2.45, 2.75) is 32.2 Å². The minimum atomic E-state index is -0.0442. The number of carbonyl (C=O) groups excluding carboxylic acids is 2. The molecule has 1 atom stereocenters. The van der Waals surface area contributed by atoms with Crippen LogP contribution < -0.4 is 0 Å². The average molecular weight is 430 g/mol. The van der Waals surface area contributed by atoms with Crippen molar-refractivity contribution in [2.24, 2.45) is 11.8 Å². The van der Waals surface area contributed by atoms with E-state index < -0.39 is 0 Å². The predicted octanol–water partition coefficient (Wildman–Crippen LogP) is 2.09. The molecule has 4 heterocycles. The highest BCUT2D eigenvalue weighted by atomic mass is 32.1. The minimum Gasteiger partial charge on any atom is -0.342 e. The summed E-state index contributed by atoms with van der Waals surface area (Å²) in [5, 5.41) is 6.06. The lowest BCUT2D eigenvalue weighted by molar-refractivity contribution is -0.142. The van der Waals surface area contributed by atoms with Crippen LogP contribution in [0.3, 0.4) is 0 Å². The molecule has 3 fully saturated rings. The highest BCUT2D eigenvalue weighted by Gasteiger charge is 2.38. The molecule has 3 aliphatic rings. The van der Waals surface area contributed by atoms with Gasteiger partial charge < -0.3 is 14.3 Å². The fraction of sp³-hybridized carbons (Fsp3) is 0.619. The van der Waals surface area contributed by atoms with Crippen LogP contribution in [0.2, 0.25) is 0 Å². The van der Waals surface area contributed by atoms with E-state index in [1.54, 1.807) is 11.3 Å². The standard InChI is InChI=1S/C21H27N5O3S/c27-20(15-5-6-15)26-7-1-3-16(13-26)21(28)25-10-8-24(9-11-25)14-18-22-19(23-29-18)17-4-2-12-30-17/h2,4,12,15-16H,1,3,5-11,13-14H2. The SMILES string of the molecule is O=C(C1CCCN(C(=O)C2CC2)C1)N1CCN(Cc2nc(-c3cccs3)no2)CC1. The maximum atomic E-state index is 13.0. The first-order valence-electron chi connectivity index (χ1n) is 10.8. The molecule has 0 radical (unpaired) electrons. The number of thiophene rings is 1. The first-order chi connectivity index (χ1) is 14.7. The second-order valence-electron chi connectivity index (χ2n) is 8.49. The lowest BCUT2D eigenvalue weighted by Crippen LogP contribution is -2.53. The van der Waals surface area contributed by atoms with Gasteiger partial charge in [-0.25, -0.2) is 0 Å². The van der Waals surface area contributed by atoms with Crippen molar-refractivity contribution in [3.05, 3.63) is 23.4 Å². The van der Waals surface area contributed by atoms with E-state index in [2.05, 4.69) is 15.0 Å². The summed E-state index contributed by atoms with van der Waals surface area (Å²) in [6.45, 7) is 5.01. The van der Waals surface area contributed by atoms with E-state index >= 15 is 0 Å². The van der Waals surface area contributed by atoms with Crippen molar-refractivity contribution in [2.75, 3.05) is 39.3 Å². The molecule has 1 unspecified atom stereocenters. The number of carbonyl (C=O) groups is 2. The molecule has 5 rings (SSSR count). The second kappa shape index (κ2) is 8.47. The molecule has 2 aliphatic heterocycles. The number of amides is 2. The average Bonchev–Trinajstić information content (AvgIpc) is 3.28. The smallest absolute Gasteiger partial charge is 0.241 e. The number of rotatable bonds is 5. The number of hydrogen-bond acceptors (Lipinski definition) is 7. The van der Waals surface area contributed by atoms with Gasteiger partial charge in [0.15, 0.2) is 0 Å². The van der Waals surface area contributed by atoms with Crippen LogP contribution in [-0.2, 0) is 16.1 Å². The molecule has 2 aromatic rings. The van der Waals surface area contributed by atoms with Gasteiger partial charge in [0.2, 0.25) is 23.5 Å². The molecule has 0 aromatic carbocycles. The molecule has 0 bridgehead atoms. The quantitative estimate of drug-likeness (QED) is 0.724. The Hall–Kier alpha value is -2.26. The zero-order valence-corrected chi connectivity index (χ0v) is 17.9. The van der Waals surface area contributed by atoms with Gasteiger partial charge in [0.05, 0.1) is 17.3 Å². The van der Waals surface area contributed by atoms with Gasteiger partial charge in [-0.3, -0.25) is 14.5 Å². The summed E-state index contributed by atoms with van der Waals surface area (Å²) in [5.41, 5.74) is 0. The summed E-state index contributed by atoms with van der Waals surface area (Å²) in [5.74, 6) is 1.90. The molecule has 0 spiro atoms. The molecule has 9 heteroatoms. The Balaban J connectivity index is 1.11. The molecule has 0 N–H and O–H groups in total. The van der Waals surface area contributed by atoms with E-state index in [0.29, 0.717) is 37.9 Å². The Kier molecular flexibility index (Phi) is 5.56. The van der Waals surface area contributed by atoms with Crippen LogP contribution in [0.25, 0.3) is 10.7 Å². The molecule has 2 saturated heterocycles. The Morgan fingerprint density at radius 3 is 2.57 bits per heavy atom. The Morgan fingerprint density at radius 2 is 1.83 bits per heavy atom. The molecular weight excluding hydrogens is 402 g/mol. The Bertz CT molecular complexity index is 886. The third-order valence-electron chi connectivity index (χ3n) is 6.26. The zero-order chi connectivity index (χ0) is 20.5. The van der Waals surface area contributed by atoms with Gasteiger partial charge in [-0.1, -0.05) is 11.2 Å². The Labute approximate surface area is 179 Å². The largest absolute Gasteiger partial charge is 0.342 e. The molecule has 8 nitrogen and oxygen atoms in total. The maximum Gasteiger partial charge on any atom is 0.241 e. The van der Waals surface area contributed by atoms with Crippen molar-refractivity contribution in [3.63, 3.8) is 0 Å². The fourth-order valence-electron chi connectivity index (χ4n) is 4.37. The van der Waals surface area contributed by atoms with E-state index in [0.717, 1.165) is 50.2 Å². The number of aromatic nitrogens is 2. The van der Waals surface area contributed by atoms with Gasteiger partial charge in [0, 0.05) is 45.2 Å². The molecule has 1 saturated carbocycles. The second-order valence-corrected chi connectivity index (χ2v) is 9.44. The third kappa shape index (κ3) is 4.27. The first kappa shape index (κ1) is 19.7. The highest BCUT2D eigenvalue weighted by molar-refractivity contribution is 7.13. The van der Waals surface area contributed by atoms with Crippen LogP contribution >= 0.6 is 11.3 Å². The summed E-state index contributed by atoms with van der Waals surface area (Å²) in [6, 6.07) is 3.95. The number of piperazine rings is 1. The van der Waals surface area contributed by atoms with Crippen molar-refractivity contribution >= 4 is 23.2 Å². The van der Waals surface area contributed by atoms with Crippen LogP contribution in [0.1, 0.15) is 31.6 Å². The summed E-state index contributed by atoms with van der Waals surface area (Å²) in [6.07, 6.45) is 3.86. The highest BCUT2D eigenvalue weighted by Crippen LogP contribution is 2.33. The zero-order valence-electron chi connectivity index (χ0n) is 17.0. The normalized spacial score (nSPS) is 23.0. The Morgan fingerprint density at radius 1 is 1.03 bits per heavy atom. The van der Waals surface area contributed by atoms with Crippen LogP contribution in [0.5, 0.6) is 0 Å². The van der Waals surface area contributed by atoms with Crippen molar-refractivity contribution in [1.82, 2.24) is 24.8 Å². The monoisotopic (exact) mass is 429 g/mol. The predicted molar refractivity (Wildman–Crippen MR) is 111 cm³/mol. The molecule has 1 aliphatic carbocycles. The molecule has 2 aromatic heterocycles.